The van der Waals surface area contributed by atoms with Gasteiger partial charge in [-0.15, -0.1) is 0 Å². The molecule has 21 heavy (non-hydrogen) atoms. The van der Waals surface area contributed by atoms with E-state index in [0.717, 1.165) is 4.90 Å². The van der Waals surface area contributed by atoms with Crippen molar-refractivity contribution in [1.29, 1.82) is 5.26 Å². The molecule has 3 rings (SSSR count). The number of pyridine rings is 1. The first-order valence-electron chi connectivity index (χ1n) is 6.15. The first-order valence-corrected chi connectivity index (χ1v) is 6.15. The number of amides is 2. The van der Waals surface area contributed by atoms with Crippen molar-refractivity contribution in [2.24, 2.45) is 0 Å². The molecule has 0 atom stereocenters. The smallest absolute Gasteiger partial charge is 0.267 e. The summed E-state index contributed by atoms with van der Waals surface area (Å²) in [5, 5.41) is 8.60. The normalized spacial score (nSPS) is 13.0. The summed E-state index contributed by atoms with van der Waals surface area (Å²) in [4.78, 5) is 29.7. The van der Waals surface area contributed by atoms with Crippen molar-refractivity contribution in [2.75, 3.05) is 11.5 Å². The summed E-state index contributed by atoms with van der Waals surface area (Å²) in [6, 6.07) is 9.96. The summed E-state index contributed by atoms with van der Waals surface area (Å²) in [5.74, 6) is -0.567. The number of ether oxygens (including phenoxy) is 1. The van der Waals surface area contributed by atoms with E-state index in [0.29, 0.717) is 17.0 Å². The van der Waals surface area contributed by atoms with Gasteiger partial charge in [-0.3, -0.25) is 14.6 Å². The summed E-state index contributed by atoms with van der Waals surface area (Å²) < 4.78 is 5.27. The van der Waals surface area contributed by atoms with Gasteiger partial charge < -0.3 is 4.74 Å². The molecule has 0 N–H and O–H groups in total. The standard InChI is InChI=1S/C15H9N3O3/c16-6-8-21-13-4-2-1-3-12(13)18-14(19)10-5-7-17-9-11(10)15(18)20/h1-5,7,9H,8H2. The van der Waals surface area contributed by atoms with Crippen molar-refractivity contribution in [1.82, 2.24) is 4.98 Å². The van der Waals surface area contributed by atoms with Crippen LogP contribution in [0.2, 0.25) is 0 Å². The highest BCUT2D eigenvalue weighted by Gasteiger charge is 2.38. The van der Waals surface area contributed by atoms with E-state index in [9.17, 15) is 9.59 Å². The van der Waals surface area contributed by atoms with E-state index in [4.69, 9.17) is 10.00 Å². The number of carbonyl (C=O) groups excluding carboxylic acids is 2. The van der Waals surface area contributed by atoms with E-state index in [2.05, 4.69) is 4.98 Å². The molecule has 2 aromatic rings. The molecule has 0 spiro atoms. The van der Waals surface area contributed by atoms with Gasteiger partial charge in [0.25, 0.3) is 11.8 Å². The number of nitrogens with zero attached hydrogens (tertiary/aromatic N) is 3. The Labute approximate surface area is 120 Å². The Morgan fingerprint density at radius 1 is 1.14 bits per heavy atom. The first kappa shape index (κ1) is 12.8. The van der Waals surface area contributed by atoms with E-state index >= 15 is 0 Å². The molecular weight excluding hydrogens is 270 g/mol. The van der Waals surface area contributed by atoms with Gasteiger partial charge in [0.2, 0.25) is 0 Å². The van der Waals surface area contributed by atoms with Gasteiger partial charge in [-0.25, -0.2) is 4.90 Å². The average molecular weight is 279 g/mol. The van der Waals surface area contributed by atoms with Crippen molar-refractivity contribution in [2.45, 2.75) is 0 Å². The number of rotatable bonds is 3. The van der Waals surface area contributed by atoms with Gasteiger partial charge >= 0.3 is 0 Å². The van der Waals surface area contributed by atoms with Crippen LogP contribution < -0.4 is 9.64 Å². The zero-order valence-corrected chi connectivity index (χ0v) is 10.8. The molecule has 2 heterocycles. The number of anilines is 1. The highest BCUT2D eigenvalue weighted by atomic mass is 16.5. The Morgan fingerprint density at radius 3 is 2.67 bits per heavy atom. The maximum atomic E-state index is 12.4. The molecule has 6 heteroatoms. The van der Waals surface area contributed by atoms with Crippen LogP contribution in [0.3, 0.4) is 0 Å². The van der Waals surface area contributed by atoms with Crippen LogP contribution in [0.1, 0.15) is 20.7 Å². The number of nitriles is 1. The summed E-state index contributed by atoms with van der Waals surface area (Å²) in [6.07, 6.45) is 2.83. The molecule has 0 saturated heterocycles. The first-order chi connectivity index (χ1) is 10.2. The molecule has 1 aromatic carbocycles. The fourth-order valence-electron chi connectivity index (χ4n) is 2.18. The van der Waals surface area contributed by atoms with Crippen molar-refractivity contribution in [3.63, 3.8) is 0 Å². The monoisotopic (exact) mass is 279 g/mol. The fourth-order valence-corrected chi connectivity index (χ4v) is 2.18. The summed E-state index contributed by atoms with van der Waals surface area (Å²) >= 11 is 0. The molecule has 0 bridgehead atoms. The number of hydrogen-bond donors (Lipinski definition) is 0. The van der Waals surface area contributed by atoms with Crippen LogP contribution in [0.25, 0.3) is 0 Å². The zero-order valence-electron chi connectivity index (χ0n) is 10.8. The SMILES string of the molecule is N#CCOc1ccccc1N1C(=O)c2ccncc2C1=O. The number of benzene rings is 1. The molecule has 102 valence electrons. The minimum atomic E-state index is -0.448. The minimum Gasteiger partial charge on any atom is -0.477 e. The van der Waals surface area contributed by atoms with Gasteiger partial charge in [0.05, 0.1) is 16.8 Å². The number of aromatic nitrogens is 1. The van der Waals surface area contributed by atoms with Gasteiger partial charge in [0.15, 0.2) is 6.61 Å². The van der Waals surface area contributed by atoms with Crippen LogP contribution in [0.5, 0.6) is 5.75 Å². The lowest BCUT2D eigenvalue weighted by Crippen LogP contribution is -2.29. The van der Waals surface area contributed by atoms with E-state index in [1.807, 2.05) is 6.07 Å². The van der Waals surface area contributed by atoms with E-state index in [1.54, 1.807) is 24.3 Å². The second-order valence-electron chi connectivity index (χ2n) is 4.28. The van der Waals surface area contributed by atoms with Crippen molar-refractivity contribution in [3.8, 4) is 11.8 Å². The molecule has 1 aliphatic rings. The number of para-hydroxylation sites is 2. The second-order valence-corrected chi connectivity index (χ2v) is 4.28. The molecule has 0 unspecified atom stereocenters. The van der Waals surface area contributed by atoms with E-state index in [1.165, 1.54) is 18.5 Å². The third-order valence-electron chi connectivity index (χ3n) is 3.09. The highest BCUT2D eigenvalue weighted by Crippen LogP contribution is 2.34. The van der Waals surface area contributed by atoms with Crippen LogP contribution >= 0.6 is 0 Å². The largest absolute Gasteiger partial charge is 0.477 e. The molecule has 0 radical (unpaired) electrons. The Kier molecular flexibility index (Phi) is 3.09. The van der Waals surface area contributed by atoms with Gasteiger partial charge in [-0.2, -0.15) is 5.26 Å². The second kappa shape index (κ2) is 5.06. The summed E-state index contributed by atoms with van der Waals surface area (Å²) in [5.41, 5.74) is 0.890. The molecule has 1 aromatic heterocycles. The lowest BCUT2D eigenvalue weighted by Gasteiger charge is -2.17. The fraction of sp³-hybridized carbons (Fsp3) is 0.0667. The molecular formula is C15H9N3O3. The van der Waals surface area contributed by atoms with Gasteiger partial charge in [0, 0.05) is 12.4 Å². The van der Waals surface area contributed by atoms with Gasteiger partial charge in [-0.05, 0) is 18.2 Å². The van der Waals surface area contributed by atoms with Gasteiger partial charge in [-0.1, -0.05) is 12.1 Å². The number of carbonyl (C=O) groups is 2. The number of fused-ring (bicyclic) bond motifs is 1. The zero-order chi connectivity index (χ0) is 14.8. The van der Waals surface area contributed by atoms with Crippen LogP contribution in [0, 0.1) is 11.3 Å². The van der Waals surface area contributed by atoms with Crippen LogP contribution in [-0.2, 0) is 0 Å². The van der Waals surface area contributed by atoms with E-state index < -0.39 is 11.8 Å². The van der Waals surface area contributed by atoms with Crippen molar-refractivity contribution < 1.29 is 14.3 Å². The Morgan fingerprint density at radius 2 is 1.90 bits per heavy atom. The van der Waals surface area contributed by atoms with Crippen LogP contribution in [0.4, 0.5) is 5.69 Å². The molecule has 0 saturated carbocycles. The predicted molar refractivity (Wildman–Crippen MR) is 72.9 cm³/mol. The lowest BCUT2D eigenvalue weighted by molar-refractivity contribution is 0.0925. The maximum Gasteiger partial charge on any atom is 0.267 e. The lowest BCUT2D eigenvalue weighted by atomic mass is 10.2. The average Bonchev–Trinajstić information content (AvgIpc) is 2.78. The Balaban J connectivity index is 2.06. The van der Waals surface area contributed by atoms with Crippen molar-refractivity contribution in [3.05, 3.63) is 53.9 Å². The third-order valence-corrected chi connectivity index (χ3v) is 3.09. The molecule has 6 nitrogen and oxygen atoms in total. The van der Waals surface area contributed by atoms with Crippen LogP contribution in [-0.4, -0.2) is 23.4 Å². The quantitative estimate of drug-likeness (QED) is 0.800. The van der Waals surface area contributed by atoms with Crippen LogP contribution in [0.15, 0.2) is 42.7 Å². The Bertz CT molecular complexity index is 745. The van der Waals surface area contributed by atoms with Gasteiger partial charge in [0.1, 0.15) is 11.8 Å². The summed E-state index contributed by atoms with van der Waals surface area (Å²) in [7, 11) is 0. The maximum absolute atomic E-state index is 12.4. The summed E-state index contributed by atoms with van der Waals surface area (Å²) in [6.45, 7) is -0.165. The minimum absolute atomic E-state index is 0.165. The number of imide groups is 1. The predicted octanol–water partition coefficient (Wildman–Crippen LogP) is 1.78. The topological polar surface area (TPSA) is 83.3 Å². The molecule has 1 aliphatic heterocycles. The Hall–Kier alpha value is -3.20. The van der Waals surface area contributed by atoms with Crippen molar-refractivity contribution >= 4 is 17.5 Å². The molecule has 0 fully saturated rings. The molecule has 0 aliphatic carbocycles. The highest BCUT2D eigenvalue weighted by molar-refractivity contribution is 6.34. The van der Waals surface area contributed by atoms with E-state index in [-0.39, 0.29) is 12.2 Å². The third kappa shape index (κ3) is 2.01. The number of hydrogen-bond acceptors (Lipinski definition) is 5. The molecule has 2 amide bonds.